The Morgan fingerprint density at radius 3 is 2.34 bits per heavy atom. The van der Waals surface area contributed by atoms with Crippen molar-refractivity contribution in [1.29, 1.82) is 0 Å². The molecule has 0 amide bonds. The van der Waals surface area contributed by atoms with E-state index in [-0.39, 0.29) is 28.8 Å². The van der Waals surface area contributed by atoms with Gasteiger partial charge in [-0.15, -0.1) is 0 Å². The summed E-state index contributed by atoms with van der Waals surface area (Å²) in [6, 6.07) is 12.3. The molecule has 2 aromatic carbocycles. The van der Waals surface area contributed by atoms with Crippen molar-refractivity contribution in [1.82, 2.24) is 10.6 Å². The summed E-state index contributed by atoms with van der Waals surface area (Å²) in [7, 11) is 0. The summed E-state index contributed by atoms with van der Waals surface area (Å²) < 4.78 is 54.7. The number of thiocarbonyl (C=S) groups is 1. The second-order valence-corrected chi connectivity index (χ2v) is 8.68. The van der Waals surface area contributed by atoms with E-state index in [1.54, 1.807) is 24.3 Å². The van der Waals surface area contributed by atoms with Crippen LogP contribution in [0.25, 0.3) is 11.3 Å². The number of hydrogen-bond donors (Lipinski definition) is 4. The maximum absolute atomic E-state index is 14.6. The van der Waals surface area contributed by atoms with Crippen LogP contribution in [0.4, 0.5) is 13.2 Å². The van der Waals surface area contributed by atoms with E-state index in [9.17, 15) is 23.4 Å². The molecular formula is C24H20ClF3N2O4S. The van der Waals surface area contributed by atoms with E-state index < -0.39 is 23.5 Å². The molecule has 1 aliphatic heterocycles. The first-order chi connectivity index (χ1) is 16.5. The predicted molar refractivity (Wildman–Crippen MR) is 128 cm³/mol. The second kappa shape index (κ2) is 9.19. The van der Waals surface area contributed by atoms with Crippen LogP contribution in [0.15, 0.2) is 77.7 Å². The third-order valence-electron chi connectivity index (χ3n) is 5.65. The van der Waals surface area contributed by atoms with Crippen molar-refractivity contribution in [2.45, 2.75) is 23.5 Å². The molecule has 1 aliphatic rings. The van der Waals surface area contributed by atoms with E-state index in [0.717, 1.165) is 0 Å². The summed E-state index contributed by atoms with van der Waals surface area (Å²) in [5.41, 5.74) is -6.61. The number of furan rings is 1. The molecule has 0 bridgehead atoms. The van der Waals surface area contributed by atoms with Crippen LogP contribution < -0.4 is 15.4 Å². The van der Waals surface area contributed by atoms with E-state index in [0.29, 0.717) is 16.3 Å². The molecule has 1 aromatic heterocycles. The molecule has 35 heavy (non-hydrogen) atoms. The lowest BCUT2D eigenvalue weighted by atomic mass is 9.75. The van der Waals surface area contributed by atoms with Gasteiger partial charge in [-0.2, -0.15) is 13.2 Å². The van der Waals surface area contributed by atoms with Crippen LogP contribution in [0.1, 0.15) is 17.4 Å². The fourth-order valence-corrected chi connectivity index (χ4v) is 4.29. The van der Waals surface area contributed by atoms with Gasteiger partial charge in [0.05, 0.1) is 0 Å². The number of hydrogen-bond acceptors (Lipinski definition) is 5. The Balaban J connectivity index is 1.79. The van der Waals surface area contributed by atoms with Crippen LogP contribution in [-0.4, -0.2) is 33.7 Å². The number of alkyl halides is 3. The highest BCUT2D eigenvalue weighted by Crippen LogP contribution is 2.52. The van der Waals surface area contributed by atoms with E-state index >= 15 is 0 Å². The SMILES string of the molecule is C=CCOc1ccc([C@]2(O)NC(=S)N[C@H](c3ccc(-c4ccc(Cl)cc4)o3)[C@@]2(O)C(F)(F)F)cc1. The van der Waals surface area contributed by atoms with Gasteiger partial charge < -0.3 is 30.0 Å². The minimum absolute atomic E-state index is 0.179. The fraction of sp³-hybridized carbons (Fsp3) is 0.208. The zero-order valence-corrected chi connectivity index (χ0v) is 19.5. The van der Waals surface area contributed by atoms with Crippen LogP contribution in [-0.2, 0) is 5.72 Å². The van der Waals surface area contributed by atoms with Crippen molar-refractivity contribution < 1.29 is 32.5 Å². The molecule has 184 valence electrons. The minimum atomic E-state index is -5.34. The van der Waals surface area contributed by atoms with E-state index in [1.807, 2.05) is 0 Å². The van der Waals surface area contributed by atoms with Crippen molar-refractivity contribution in [3.05, 3.63) is 89.7 Å². The number of benzene rings is 2. The Morgan fingerprint density at radius 2 is 1.74 bits per heavy atom. The first kappa shape index (κ1) is 25.1. The van der Waals surface area contributed by atoms with Gasteiger partial charge in [0.2, 0.25) is 11.3 Å². The molecule has 6 nitrogen and oxygen atoms in total. The molecular weight excluding hydrogens is 505 g/mol. The van der Waals surface area contributed by atoms with Crippen LogP contribution in [0, 0.1) is 0 Å². The monoisotopic (exact) mass is 524 g/mol. The van der Waals surface area contributed by atoms with Gasteiger partial charge in [-0.05, 0) is 60.7 Å². The van der Waals surface area contributed by atoms with Crippen molar-refractivity contribution in [3.8, 4) is 17.1 Å². The fourth-order valence-electron chi connectivity index (χ4n) is 3.90. The molecule has 4 rings (SSSR count). The Morgan fingerprint density at radius 1 is 1.09 bits per heavy atom. The van der Waals surface area contributed by atoms with Gasteiger partial charge in [-0.3, -0.25) is 0 Å². The lowest BCUT2D eigenvalue weighted by Crippen LogP contribution is -2.77. The Hall–Kier alpha value is -3.05. The normalized spacial score (nSPS) is 24.4. The zero-order valence-electron chi connectivity index (χ0n) is 18.0. The first-order valence-corrected chi connectivity index (χ1v) is 11.1. The van der Waals surface area contributed by atoms with Crippen molar-refractivity contribution in [2.24, 2.45) is 0 Å². The van der Waals surface area contributed by atoms with Crippen LogP contribution in [0.3, 0.4) is 0 Å². The number of nitrogens with one attached hydrogen (secondary N) is 2. The second-order valence-electron chi connectivity index (χ2n) is 7.84. The number of halogens is 4. The van der Waals surface area contributed by atoms with Gasteiger partial charge in [0, 0.05) is 16.1 Å². The molecule has 0 radical (unpaired) electrons. The topological polar surface area (TPSA) is 86.9 Å². The van der Waals surface area contributed by atoms with E-state index in [2.05, 4.69) is 17.2 Å². The number of ether oxygens (including phenoxy) is 1. The summed E-state index contributed by atoms with van der Waals surface area (Å²) in [6.07, 6.45) is -3.84. The molecule has 2 heterocycles. The molecule has 4 N–H and O–H groups in total. The Labute approximate surface area is 209 Å². The highest BCUT2D eigenvalue weighted by Gasteiger charge is 2.74. The average molecular weight is 525 g/mol. The van der Waals surface area contributed by atoms with Crippen LogP contribution >= 0.6 is 23.8 Å². The van der Waals surface area contributed by atoms with E-state index in [1.165, 1.54) is 42.5 Å². The number of rotatable bonds is 6. The molecule has 0 spiro atoms. The molecule has 3 aromatic rings. The highest BCUT2D eigenvalue weighted by molar-refractivity contribution is 7.80. The minimum Gasteiger partial charge on any atom is -0.490 e. The largest absolute Gasteiger partial charge is 0.490 e. The first-order valence-electron chi connectivity index (χ1n) is 10.3. The summed E-state index contributed by atoms with van der Waals surface area (Å²) >= 11 is 11.0. The maximum Gasteiger partial charge on any atom is 0.424 e. The van der Waals surface area contributed by atoms with Gasteiger partial charge in [-0.1, -0.05) is 36.4 Å². The molecule has 1 saturated heterocycles. The molecule has 1 fully saturated rings. The zero-order chi connectivity index (χ0) is 25.4. The lowest BCUT2D eigenvalue weighted by molar-refractivity contribution is -0.343. The van der Waals surface area contributed by atoms with Gasteiger partial charge in [0.1, 0.15) is 29.9 Å². The average Bonchev–Trinajstić information content (AvgIpc) is 3.30. The highest BCUT2D eigenvalue weighted by atomic mass is 35.5. The van der Waals surface area contributed by atoms with Crippen LogP contribution in [0.5, 0.6) is 5.75 Å². The quantitative estimate of drug-likeness (QED) is 0.272. The number of aliphatic hydroxyl groups is 2. The van der Waals surface area contributed by atoms with Crippen LogP contribution in [0.2, 0.25) is 5.02 Å². The third kappa shape index (κ3) is 4.38. The van der Waals surface area contributed by atoms with Gasteiger partial charge in [0.15, 0.2) is 5.11 Å². The molecule has 0 aliphatic carbocycles. The van der Waals surface area contributed by atoms with Crippen molar-refractivity contribution >= 4 is 28.9 Å². The standard InChI is InChI=1S/C24H20ClF3N2O4S/c1-2-13-33-17-9-5-15(6-10-17)23(32)22(31,24(26,27)28)20(29-21(35)30-23)19-12-11-18(34-19)14-3-7-16(25)8-4-14/h2-12,20,31-32H,1,13H2,(H2,29,30,35)/t20-,22+,23-/m1/s1. The van der Waals surface area contributed by atoms with Crippen molar-refractivity contribution in [2.75, 3.05) is 6.61 Å². The third-order valence-corrected chi connectivity index (χ3v) is 6.12. The molecule has 3 atom stereocenters. The predicted octanol–water partition coefficient (Wildman–Crippen LogP) is 4.82. The van der Waals surface area contributed by atoms with Gasteiger partial charge in [-0.25, -0.2) is 0 Å². The smallest absolute Gasteiger partial charge is 0.424 e. The van der Waals surface area contributed by atoms with E-state index in [4.69, 9.17) is 33.0 Å². The van der Waals surface area contributed by atoms with Gasteiger partial charge >= 0.3 is 6.18 Å². The van der Waals surface area contributed by atoms with Gasteiger partial charge in [0.25, 0.3) is 0 Å². The lowest BCUT2D eigenvalue weighted by Gasteiger charge is -2.52. The molecule has 0 unspecified atom stereocenters. The molecule has 11 heteroatoms. The van der Waals surface area contributed by atoms with Crippen molar-refractivity contribution in [3.63, 3.8) is 0 Å². The Kier molecular flexibility index (Phi) is 6.58. The maximum atomic E-state index is 14.6. The Bertz CT molecular complexity index is 1230. The summed E-state index contributed by atoms with van der Waals surface area (Å²) in [6.45, 7) is 3.70. The summed E-state index contributed by atoms with van der Waals surface area (Å²) in [5.74, 6) is 0.280. The summed E-state index contributed by atoms with van der Waals surface area (Å²) in [5, 5.41) is 27.4. The molecule has 0 saturated carbocycles. The summed E-state index contributed by atoms with van der Waals surface area (Å²) in [4.78, 5) is 0.